The molecule has 2 aromatic carbocycles. The fourth-order valence-corrected chi connectivity index (χ4v) is 4.24. The Morgan fingerprint density at radius 3 is 1.09 bits per heavy atom. The van der Waals surface area contributed by atoms with Gasteiger partial charge in [0.25, 0.3) is 0 Å². The molecule has 3 nitrogen and oxygen atoms in total. The average molecular weight is 629 g/mol. The number of hydrogen-bond acceptors (Lipinski definition) is 2. The molecule has 1 aliphatic rings. The molecule has 0 atom stereocenters. The molecule has 0 aromatic heterocycles. The van der Waals surface area contributed by atoms with Crippen molar-refractivity contribution in [2.45, 2.75) is 86.0 Å². The molecule has 0 saturated heterocycles. The van der Waals surface area contributed by atoms with E-state index in [4.69, 9.17) is 5.41 Å². The fourth-order valence-electron chi connectivity index (χ4n) is 4.24. The Morgan fingerprint density at radius 2 is 0.879 bits per heavy atom. The molecule has 0 aliphatic carbocycles. The average Bonchev–Trinajstić information content (AvgIpc) is 3.22. The van der Waals surface area contributed by atoms with Crippen LogP contribution in [0.4, 0.5) is 11.4 Å². The third kappa shape index (κ3) is 6.85. The van der Waals surface area contributed by atoms with Crippen molar-refractivity contribution in [1.29, 1.82) is 0 Å². The fraction of sp³-hybridized carbons (Fsp3) is 0.448. The first-order chi connectivity index (χ1) is 15.1. The van der Waals surface area contributed by atoms with E-state index >= 15 is 0 Å². The molecular formula is C29H41AuN3-2. The zero-order chi connectivity index (χ0) is 24.0. The molecule has 1 radical (unpaired) electrons. The topological polar surface area (TPSA) is 28.8 Å². The number of nitrogens with zero attached hydrogens (tertiary/aromatic N) is 3. The van der Waals surface area contributed by atoms with E-state index in [1.165, 1.54) is 33.6 Å². The van der Waals surface area contributed by atoms with Crippen LogP contribution < -0.4 is 9.80 Å². The van der Waals surface area contributed by atoms with Gasteiger partial charge in [-0.3, -0.25) is 0 Å². The van der Waals surface area contributed by atoms with Gasteiger partial charge in [0, 0.05) is 33.8 Å². The SMILES string of the molecule is CC(C)c1cccc(C(C)C)c1N1C=CN(c2c(C(C)C)cccc2C(C)C)[CH-]1.CC=[N-].[Au]. The summed E-state index contributed by atoms with van der Waals surface area (Å²) in [6.07, 6.45) is 5.43. The predicted molar refractivity (Wildman–Crippen MR) is 143 cm³/mol. The van der Waals surface area contributed by atoms with Gasteiger partial charge in [0.1, 0.15) is 0 Å². The number of hydrogen-bond donors (Lipinski definition) is 0. The standard InChI is InChI=1S/C27H37N2.C2H4N.Au/c1-18(2)22-11-9-12-23(19(3)4)26(22)28-15-16-29(17-28)27-24(20(5)6)13-10-14-25(27)21(7)8;1-2-3;/h9-21H,1-8H3;2H,1H3;/q2*-1;. The van der Waals surface area contributed by atoms with Crippen molar-refractivity contribution in [3.05, 3.63) is 83.1 Å². The summed E-state index contributed by atoms with van der Waals surface area (Å²) in [5, 5.41) is 7.44. The number of benzene rings is 2. The molecule has 0 N–H and O–H groups in total. The summed E-state index contributed by atoms with van der Waals surface area (Å²) in [5.74, 6) is 1.92. The molecule has 1 aliphatic heterocycles. The van der Waals surface area contributed by atoms with Gasteiger partial charge in [-0.1, -0.05) is 98.7 Å². The molecule has 0 bridgehead atoms. The van der Waals surface area contributed by atoms with Crippen LogP contribution in [-0.4, -0.2) is 6.21 Å². The number of para-hydroxylation sites is 2. The van der Waals surface area contributed by atoms with Crippen LogP contribution in [-0.2, 0) is 22.4 Å². The van der Waals surface area contributed by atoms with Gasteiger partial charge < -0.3 is 15.2 Å². The second-order valence-corrected chi connectivity index (χ2v) is 9.68. The van der Waals surface area contributed by atoms with Crippen molar-refractivity contribution in [2.24, 2.45) is 0 Å². The van der Waals surface area contributed by atoms with E-state index in [-0.39, 0.29) is 22.4 Å². The van der Waals surface area contributed by atoms with E-state index in [1.54, 1.807) is 6.92 Å². The van der Waals surface area contributed by atoms with Gasteiger partial charge in [-0.15, -0.1) is 6.67 Å². The summed E-state index contributed by atoms with van der Waals surface area (Å²) in [7, 11) is 0. The Morgan fingerprint density at radius 1 is 0.636 bits per heavy atom. The molecule has 2 aromatic rings. The van der Waals surface area contributed by atoms with Gasteiger partial charge in [-0.25, -0.2) is 6.21 Å². The summed E-state index contributed by atoms with van der Waals surface area (Å²) >= 11 is 0. The largest absolute Gasteiger partial charge is 0.814 e. The van der Waals surface area contributed by atoms with Gasteiger partial charge >= 0.3 is 0 Å². The second kappa shape index (κ2) is 13.2. The van der Waals surface area contributed by atoms with E-state index < -0.39 is 0 Å². The predicted octanol–water partition coefficient (Wildman–Crippen LogP) is 8.74. The van der Waals surface area contributed by atoms with E-state index in [2.05, 4.69) is 121 Å². The minimum atomic E-state index is 0. The molecular weight excluding hydrogens is 587 g/mol. The van der Waals surface area contributed by atoms with Crippen LogP contribution in [0.15, 0.2) is 48.8 Å². The molecule has 33 heavy (non-hydrogen) atoms. The van der Waals surface area contributed by atoms with E-state index in [9.17, 15) is 0 Å². The first-order valence-corrected chi connectivity index (χ1v) is 11.9. The molecule has 0 spiro atoms. The van der Waals surface area contributed by atoms with Crippen molar-refractivity contribution < 1.29 is 22.4 Å². The normalized spacial score (nSPS) is 13.0. The van der Waals surface area contributed by atoms with Gasteiger partial charge in [-0.05, 0) is 58.3 Å². The molecule has 0 unspecified atom stereocenters. The van der Waals surface area contributed by atoms with Crippen molar-refractivity contribution in [2.75, 3.05) is 9.80 Å². The molecule has 3 rings (SSSR count). The monoisotopic (exact) mass is 628 g/mol. The molecule has 185 valence electrons. The zero-order valence-corrected chi connectivity index (χ0v) is 23.9. The van der Waals surface area contributed by atoms with E-state index in [0.29, 0.717) is 23.7 Å². The van der Waals surface area contributed by atoms with Crippen LogP contribution in [0.25, 0.3) is 5.41 Å². The molecule has 4 heteroatoms. The summed E-state index contributed by atoms with van der Waals surface area (Å²) < 4.78 is 0. The van der Waals surface area contributed by atoms with Crippen molar-refractivity contribution >= 4 is 17.6 Å². The molecule has 1 heterocycles. The molecule has 0 saturated carbocycles. The van der Waals surface area contributed by atoms with Crippen LogP contribution in [0, 0.1) is 6.67 Å². The Hall–Kier alpha value is -1.81. The smallest absolute Gasteiger partial charge is 0.0195 e. The minimum Gasteiger partial charge on any atom is -0.814 e. The maximum Gasteiger partial charge on any atom is 0.0195 e. The van der Waals surface area contributed by atoms with Crippen LogP contribution in [0.1, 0.15) is 108 Å². The number of anilines is 2. The second-order valence-electron chi connectivity index (χ2n) is 9.68. The number of rotatable bonds is 6. The molecule has 0 fully saturated rings. The van der Waals surface area contributed by atoms with E-state index in [0.717, 1.165) is 6.21 Å². The Kier molecular flexibility index (Phi) is 11.7. The quantitative estimate of drug-likeness (QED) is 0.182. The summed E-state index contributed by atoms with van der Waals surface area (Å²) in [6, 6.07) is 13.5. The van der Waals surface area contributed by atoms with Crippen LogP contribution in [0.2, 0.25) is 0 Å². The van der Waals surface area contributed by atoms with Crippen molar-refractivity contribution in [3.63, 3.8) is 0 Å². The first kappa shape index (κ1) is 29.2. The van der Waals surface area contributed by atoms with Gasteiger partial charge in [0.2, 0.25) is 0 Å². The van der Waals surface area contributed by atoms with Crippen LogP contribution in [0.5, 0.6) is 0 Å². The Balaban J connectivity index is 0.00000129. The third-order valence-electron chi connectivity index (χ3n) is 5.84. The first-order valence-electron chi connectivity index (χ1n) is 11.9. The van der Waals surface area contributed by atoms with Gasteiger partial charge in [0.05, 0.1) is 0 Å². The summed E-state index contributed by atoms with van der Waals surface area (Å²) in [4.78, 5) is 4.65. The van der Waals surface area contributed by atoms with Gasteiger partial charge in [0.15, 0.2) is 0 Å². The summed E-state index contributed by atoms with van der Waals surface area (Å²) in [6.45, 7) is 22.1. The van der Waals surface area contributed by atoms with Crippen molar-refractivity contribution in [1.82, 2.24) is 0 Å². The van der Waals surface area contributed by atoms with Crippen LogP contribution >= 0.6 is 0 Å². The minimum absolute atomic E-state index is 0. The maximum absolute atomic E-state index is 7.44. The van der Waals surface area contributed by atoms with Gasteiger partial charge in [-0.2, -0.15) is 0 Å². The van der Waals surface area contributed by atoms with Crippen molar-refractivity contribution in [3.8, 4) is 0 Å². The van der Waals surface area contributed by atoms with E-state index in [1.807, 2.05) is 0 Å². The zero-order valence-electron chi connectivity index (χ0n) is 21.7. The molecule has 0 amide bonds. The Labute approximate surface area is 218 Å². The third-order valence-corrected chi connectivity index (χ3v) is 5.84. The maximum atomic E-state index is 7.44. The van der Waals surface area contributed by atoms with Crippen LogP contribution in [0.3, 0.4) is 0 Å². The summed E-state index contributed by atoms with van der Waals surface area (Å²) in [5.41, 5.74) is 8.29. The Bertz CT molecular complexity index is 804.